The van der Waals surface area contributed by atoms with E-state index in [4.69, 9.17) is 0 Å². The maximum Gasteiger partial charge on any atom is 0.224 e. The van der Waals surface area contributed by atoms with Crippen molar-refractivity contribution in [3.63, 3.8) is 0 Å². The van der Waals surface area contributed by atoms with E-state index in [1.165, 1.54) is 6.42 Å². The quantitative estimate of drug-likeness (QED) is 0.799. The minimum atomic E-state index is 0.0276. The number of hydrogen-bond acceptors (Lipinski definition) is 3. The van der Waals surface area contributed by atoms with Gasteiger partial charge in [0.05, 0.1) is 0 Å². The highest BCUT2D eigenvalue weighted by Gasteiger charge is 2.26. The molecule has 0 saturated carbocycles. The van der Waals surface area contributed by atoms with Crippen molar-refractivity contribution in [1.29, 1.82) is 0 Å². The highest BCUT2D eigenvalue weighted by atomic mass is 16.2. The first-order valence-electron chi connectivity index (χ1n) is 8.35. The lowest BCUT2D eigenvalue weighted by Crippen LogP contribution is -2.45. The normalized spacial score (nSPS) is 26.1. The first-order chi connectivity index (χ1) is 10.1. The Bertz CT molecular complexity index is 365. The van der Waals surface area contributed by atoms with Gasteiger partial charge in [-0.2, -0.15) is 0 Å². The summed E-state index contributed by atoms with van der Waals surface area (Å²) in [6.45, 7) is 7.22. The van der Waals surface area contributed by atoms with E-state index in [0.29, 0.717) is 24.9 Å². The van der Waals surface area contributed by atoms with Gasteiger partial charge in [-0.05, 0) is 38.1 Å². The molecular weight excluding hydrogens is 266 g/mol. The van der Waals surface area contributed by atoms with Gasteiger partial charge in [-0.1, -0.05) is 13.8 Å². The second-order valence-electron chi connectivity index (χ2n) is 6.75. The van der Waals surface area contributed by atoms with E-state index in [9.17, 15) is 9.59 Å². The number of carbonyl (C=O) groups is 2. The summed E-state index contributed by atoms with van der Waals surface area (Å²) in [6, 6.07) is 0.374. The van der Waals surface area contributed by atoms with Gasteiger partial charge in [-0.15, -0.1) is 0 Å². The Labute approximate surface area is 127 Å². The molecule has 5 nitrogen and oxygen atoms in total. The Morgan fingerprint density at radius 1 is 1.29 bits per heavy atom. The van der Waals surface area contributed by atoms with E-state index in [2.05, 4.69) is 10.6 Å². The van der Waals surface area contributed by atoms with Gasteiger partial charge in [0.15, 0.2) is 0 Å². The number of piperidine rings is 1. The van der Waals surface area contributed by atoms with Crippen molar-refractivity contribution in [2.24, 2.45) is 11.8 Å². The van der Waals surface area contributed by atoms with Gasteiger partial charge in [0, 0.05) is 38.0 Å². The number of rotatable bonds is 5. The third-order valence-corrected chi connectivity index (χ3v) is 4.54. The molecule has 2 heterocycles. The van der Waals surface area contributed by atoms with Crippen LogP contribution < -0.4 is 10.6 Å². The highest BCUT2D eigenvalue weighted by molar-refractivity contribution is 5.78. The average molecular weight is 295 g/mol. The topological polar surface area (TPSA) is 61.4 Å². The van der Waals surface area contributed by atoms with E-state index in [-0.39, 0.29) is 17.7 Å². The molecule has 120 valence electrons. The monoisotopic (exact) mass is 295 g/mol. The van der Waals surface area contributed by atoms with Crippen LogP contribution in [0.25, 0.3) is 0 Å². The van der Waals surface area contributed by atoms with Crippen LogP contribution in [0, 0.1) is 11.8 Å². The highest BCUT2D eigenvalue weighted by Crippen LogP contribution is 2.18. The van der Waals surface area contributed by atoms with E-state index in [0.717, 1.165) is 38.9 Å². The molecule has 0 spiro atoms. The molecule has 2 aliphatic rings. The van der Waals surface area contributed by atoms with Crippen molar-refractivity contribution >= 4 is 11.8 Å². The van der Waals surface area contributed by atoms with Crippen LogP contribution >= 0.6 is 0 Å². The standard InChI is InChI=1S/C16H29N3O2/c1-12(2)16(21)18-10-13-5-4-8-19(11-13)15(20)9-14-6-3-7-17-14/h12-14,17H,3-11H2,1-2H3,(H,18,21). The van der Waals surface area contributed by atoms with Crippen molar-refractivity contribution in [2.75, 3.05) is 26.2 Å². The molecule has 0 aromatic heterocycles. The summed E-state index contributed by atoms with van der Waals surface area (Å²) in [4.78, 5) is 26.0. The Kier molecular flexibility index (Phi) is 6.03. The summed E-state index contributed by atoms with van der Waals surface area (Å²) in [5.41, 5.74) is 0. The molecule has 2 unspecified atom stereocenters. The second kappa shape index (κ2) is 7.78. The van der Waals surface area contributed by atoms with E-state index < -0.39 is 0 Å². The molecule has 2 aliphatic heterocycles. The Morgan fingerprint density at radius 3 is 2.76 bits per heavy atom. The third kappa shape index (κ3) is 4.99. The smallest absolute Gasteiger partial charge is 0.224 e. The molecule has 2 amide bonds. The fraction of sp³-hybridized carbons (Fsp3) is 0.875. The summed E-state index contributed by atoms with van der Waals surface area (Å²) in [6.07, 6.45) is 5.08. The van der Waals surface area contributed by atoms with Gasteiger partial charge in [0.1, 0.15) is 0 Å². The van der Waals surface area contributed by atoms with Crippen LogP contribution in [0.15, 0.2) is 0 Å². The molecule has 0 radical (unpaired) electrons. The molecule has 2 N–H and O–H groups in total. The third-order valence-electron chi connectivity index (χ3n) is 4.54. The van der Waals surface area contributed by atoms with Crippen molar-refractivity contribution in [2.45, 2.75) is 52.0 Å². The molecule has 5 heteroatoms. The molecule has 0 bridgehead atoms. The van der Waals surface area contributed by atoms with Crippen LogP contribution in [0.3, 0.4) is 0 Å². The van der Waals surface area contributed by atoms with Gasteiger partial charge in [-0.25, -0.2) is 0 Å². The fourth-order valence-corrected chi connectivity index (χ4v) is 3.18. The zero-order chi connectivity index (χ0) is 15.2. The molecule has 0 aromatic rings. The van der Waals surface area contributed by atoms with Gasteiger partial charge >= 0.3 is 0 Å². The summed E-state index contributed by atoms with van der Waals surface area (Å²) >= 11 is 0. The van der Waals surface area contributed by atoms with Crippen LogP contribution in [0.2, 0.25) is 0 Å². The summed E-state index contributed by atoms with van der Waals surface area (Å²) in [5.74, 6) is 0.810. The SMILES string of the molecule is CC(C)C(=O)NCC1CCCN(C(=O)CC2CCCN2)C1. The molecule has 2 rings (SSSR count). The average Bonchev–Trinajstić information content (AvgIpc) is 2.97. The van der Waals surface area contributed by atoms with Crippen molar-refractivity contribution < 1.29 is 9.59 Å². The zero-order valence-electron chi connectivity index (χ0n) is 13.4. The predicted octanol–water partition coefficient (Wildman–Crippen LogP) is 1.14. The Hall–Kier alpha value is -1.10. The molecule has 0 aromatic carbocycles. The molecular formula is C16H29N3O2. The lowest BCUT2D eigenvalue weighted by molar-refractivity contribution is -0.133. The van der Waals surface area contributed by atoms with Gasteiger partial charge < -0.3 is 15.5 Å². The van der Waals surface area contributed by atoms with Crippen LogP contribution in [-0.2, 0) is 9.59 Å². The van der Waals surface area contributed by atoms with Crippen LogP contribution in [0.5, 0.6) is 0 Å². The number of amides is 2. The summed E-state index contributed by atoms with van der Waals surface area (Å²) in [7, 11) is 0. The molecule has 2 fully saturated rings. The minimum Gasteiger partial charge on any atom is -0.356 e. The lowest BCUT2D eigenvalue weighted by Gasteiger charge is -2.33. The van der Waals surface area contributed by atoms with Crippen LogP contribution in [-0.4, -0.2) is 48.9 Å². The Balaban J connectivity index is 1.74. The number of carbonyl (C=O) groups excluding carboxylic acids is 2. The first kappa shape index (κ1) is 16.3. The Morgan fingerprint density at radius 2 is 2.10 bits per heavy atom. The van der Waals surface area contributed by atoms with Crippen molar-refractivity contribution in [1.82, 2.24) is 15.5 Å². The fourth-order valence-electron chi connectivity index (χ4n) is 3.18. The van der Waals surface area contributed by atoms with Gasteiger partial charge in [0.25, 0.3) is 0 Å². The molecule has 2 saturated heterocycles. The summed E-state index contributed by atoms with van der Waals surface area (Å²) < 4.78 is 0. The number of nitrogens with one attached hydrogen (secondary N) is 2. The van der Waals surface area contributed by atoms with E-state index in [1.54, 1.807) is 0 Å². The van der Waals surface area contributed by atoms with Crippen molar-refractivity contribution in [3.05, 3.63) is 0 Å². The van der Waals surface area contributed by atoms with Gasteiger partial charge in [-0.3, -0.25) is 9.59 Å². The second-order valence-corrected chi connectivity index (χ2v) is 6.75. The number of hydrogen-bond donors (Lipinski definition) is 2. The van der Waals surface area contributed by atoms with E-state index in [1.807, 2.05) is 18.7 Å². The maximum atomic E-state index is 12.3. The molecule has 21 heavy (non-hydrogen) atoms. The molecule has 0 aliphatic carbocycles. The number of likely N-dealkylation sites (tertiary alicyclic amines) is 1. The first-order valence-corrected chi connectivity index (χ1v) is 8.35. The minimum absolute atomic E-state index is 0.0276. The summed E-state index contributed by atoms with van der Waals surface area (Å²) in [5, 5.41) is 6.38. The largest absolute Gasteiger partial charge is 0.356 e. The van der Waals surface area contributed by atoms with Crippen LogP contribution in [0.1, 0.15) is 46.0 Å². The predicted molar refractivity (Wildman–Crippen MR) is 82.8 cm³/mol. The maximum absolute atomic E-state index is 12.3. The van der Waals surface area contributed by atoms with Gasteiger partial charge in [0.2, 0.25) is 11.8 Å². The molecule has 2 atom stereocenters. The zero-order valence-corrected chi connectivity index (χ0v) is 13.4. The lowest BCUT2D eigenvalue weighted by atomic mass is 9.97. The number of nitrogens with zero attached hydrogens (tertiary/aromatic N) is 1. The van der Waals surface area contributed by atoms with E-state index >= 15 is 0 Å². The van der Waals surface area contributed by atoms with Crippen LogP contribution in [0.4, 0.5) is 0 Å². The van der Waals surface area contributed by atoms with Crippen molar-refractivity contribution in [3.8, 4) is 0 Å².